The standard InChI is InChI=1S/C21H22ClN3O3S/c22-13-6-8-14(9-7-13)25-17-15(20(23)28)10-16(26)19(27)18(17)24(21(25)29)11-12-4-2-1-3-5-12/h1-9,15-19,26-27H,10-11H2,(H2,23,28)/t15-,16-,17-,18+,19+/m1/s1. The lowest BCUT2D eigenvalue weighted by Crippen LogP contribution is -2.60. The lowest BCUT2D eigenvalue weighted by atomic mass is 9.76. The number of benzene rings is 2. The molecule has 2 fully saturated rings. The van der Waals surface area contributed by atoms with Gasteiger partial charge in [-0.1, -0.05) is 41.9 Å². The third kappa shape index (κ3) is 3.59. The van der Waals surface area contributed by atoms with E-state index in [1.807, 2.05) is 52.3 Å². The maximum Gasteiger partial charge on any atom is 0.222 e. The minimum absolute atomic E-state index is 0.0869. The fourth-order valence-corrected chi connectivity index (χ4v) is 4.96. The Morgan fingerprint density at radius 3 is 2.38 bits per heavy atom. The van der Waals surface area contributed by atoms with Crippen molar-refractivity contribution in [3.8, 4) is 0 Å². The number of carbonyl (C=O) groups is 1. The average molecular weight is 432 g/mol. The van der Waals surface area contributed by atoms with Gasteiger partial charge in [0, 0.05) is 17.3 Å². The summed E-state index contributed by atoms with van der Waals surface area (Å²) in [5.74, 6) is -1.18. The average Bonchev–Trinajstić information content (AvgIpc) is 2.98. The van der Waals surface area contributed by atoms with Gasteiger partial charge in [0.2, 0.25) is 5.91 Å². The quantitative estimate of drug-likeness (QED) is 0.641. The van der Waals surface area contributed by atoms with Gasteiger partial charge in [-0.25, -0.2) is 0 Å². The van der Waals surface area contributed by atoms with E-state index in [1.54, 1.807) is 12.1 Å². The summed E-state index contributed by atoms with van der Waals surface area (Å²) in [6.45, 7) is 0.445. The second-order valence-corrected chi connectivity index (χ2v) is 8.33. The molecule has 0 unspecified atom stereocenters. The second-order valence-electron chi connectivity index (χ2n) is 7.53. The molecule has 4 N–H and O–H groups in total. The third-order valence-corrected chi connectivity index (χ3v) is 6.46. The van der Waals surface area contributed by atoms with Crippen LogP contribution in [0.3, 0.4) is 0 Å². The number of primary amides is 1. The highest BCUT2D eigenvalue weighted by Crippen LogP contribution is 2.41. The Kier molecular flexibility index (Phi) is 5.48. The van der Waals surface area contributed by atoms with Crippen LogP contribution in [-0.2, 0) is 11.3 Å². The highest BCUT2D eigenvalue weighted by Gasteiger charge is 2.56. The van der Waals surface area contributed by atoms with Gasteiger partial charge in [-0.2, -0.15) is 0 Å². The Labute approximate surface area is 179 Å². The first-order valence-electron chi connectivity index (χ1n) is 9.43. The molecule has 1 heterocycles. The molecule has 29 heavy (non-hydrogen) atoms. The molecule has 1 saturated carbocycles. The van der Waals surface area contributed by atoms with Gasteiger partial charge >= 0.3 is 0 Å². The van der Waals surface area contributed by atoms with E-state index in [-0.39, 0.29) is 6.42 Å². The number of nitrogens with two attached hydrogens (primary N) is 1. The van der Waals surface area contributed by atoms with Crippen LogP contribution in [0.1, 0.15) is 12.0 Å². The first-order chi connectivity index (χ1) is 13.9. The molecule has 1 amide bonds. The van der Waals surface area contributed by atoms with E-state index in [0.29, 0.717) is 16.7 Å². The topological polar surface area (TPSA) is 90.0 Å². The Morgan fingerprint density at radius 2 is 1.76 bits per heavy atom. The van der Waals surface area contributed by atoms with Crippen molar-refractivity contribution in [2.45, 2.75) is 37.3 Å². The number of hydrogen-bond acceptors (Lipinski definition) is 4. The predicted octanol–water partition coefficient (Wildman–Crippen LogP) is 1.91. The number of anilines is 1. The van der Waals surface area contributed by atoms with Gasteiger partial charge in [0.05, 0.1) is 24.1 Å². The molecule has 0 spiro atoms. The van der Waals surface area contributed by atoms with Crippen molar-refractivity contribution in [1.29, 1.82) is 0 Å². The number of thiocarbonyl (C=S) groups is 1. The van der Waals surface area contributed by atoms with Crippen LogP contribution in [0.15, 0.2) is 54.6 Å². The fraction of sp³-hybridized carbons (Fsp3) is 0.333. The van der Waals surface area contributed by atoms with Crippen LogP contribution in [0.25, 0.3) is 0 Å². The van der Waals surface area contributed by atoms with Crippen molar-refractivity contribution >= 4 is 40.5 Å². The Hall–Kier alpha value is -2.19. The van der Waals surface area contributed by atoms with Crippen LogP contribution in [0.2, 0.25) is 5.02 Å². The molecule has 2 aromatic rings. The van der Waals surface area contributed by atoms with Gasteiger partial charge in [-0.3, -0.25) is 4.79 Å². The minimum atomic E-state index is -1.06. The third-order valence-electron chi connectivity index (χ3n) is 5.78. The number of rotatable bonds is 4. The van der Waals surface area contributed by atoms with Gasteiger partial charge in [0.15, 0.2) is 5.11 Å². The lowest BCUT2D eigenvalue weighted by molar-refractivity contribution is -0.129. The predicted molar refractivity (Wildman–Crippen MR) is 115 cm³/mol. The van der Waals surface area contributed by atoms with Crippen LogP contribution >= 0.6 is 23.8 Å². The molecule has 0 bridgehead atoms. The van der Waals surface area contributed by atoms with Crippen LogP contribution in [0, 0.1) is 5.92 Å². The zero-order chi connectivity index (χ0) is 20.7. The molecule has 4 rings (SSSR count). The van der Waals surface area contributed by atoms with E-state index in [4.69, 9.17) is 29.6 Å². The molecule has 2 aromatic carbocycles. The van der Waals surface area contributed by atoms with E-state index in [2.05, 4.69) is 0 Å². The van der Waals surface area contributed by atoms with Gasteiger partial charge in [0.1, 0.15) is 6.10 Å². The molecular weight excluding hydrogens is 410 g/mol. The van der Waals surface area contributed by atoms with Crippen molar-refractivity contribution in [2.75, 3.05) is 4.90 Å². The summed E-state index contributed by atoms with van der Waals surface area (Å²) in [4.78, 5) is 16.0. The van der Waals surface area contributed by atoms with Crippen LogP contribution < -0.4 is 10.6 Å². The summed E-state index contributed by atoms with van der Waals surface area (Å²) < 4.78 is 0. The van der Waals surface area contributed by atoms with E-state index in [0.717, 1.165) is 11.3 Å². The molecule has 0 aromatic heterocycles. The van der Waals surface area contributed by atoms with Gasteiger partial charge in [0.25, 0.3) is 0 Å². The summed E-state index contributed by atoms with van der Waals surface area (Å²) in [6.07, 6.45) is -2.03. The smallest absolute Gasteiger partial charge is 0.222 e. The van der Waals surface area contributed by atoms with Gasteiger partial charge < -0.3 is 25.7 Å². The molecular formula is C21H22ClN3O3S. The number of aliphatic hydroxyl groups excluding tert-OH is 2. The lowest BCUT2D eigenvalue weighted by Gasteiger charge is -2.42. The molecule has 1 aliphatic heterocycles. The van der Waals surface area contributed by atoms with Crippen LogP contribution in [0.4, 0.5) is 5.69 Å². The van der Waals surface area contributed by atoms with Crippen LogP contribution in [-0.4, -0.2) is 50.4 Å². The summed E-state index contributed by atoms with van der Waals surface area (Å²) in [5.41, 5.74) is 7.47. The normalized spacial score (nSPS) is 29.1. The van der Waals surface area contributed by atoms with E-state index in [9.17, 15) is 15.0 Å². The minimum Gasteiger partial charge on any atom is -0.390 e. The van der Waals surface area contributed by atoms with Crippen molar-refractivity contribution in [2.24, 2.45) is 11.7 Å². The van der Waals surface area contributed by atoms with Crippen LogP contribution in [0.5, 0.6) is 0 Å². The first kappa shape index (κ1) is 20.1. The van der Waals surface area contributed by atoms with Crippen molar-refractivity contribution in [3.63, 3.8) is 0 Å². The molecule has 8 heteroatoms. The number of carbonyl (C=O) groups excluding carboxylic acids is 1. The number of halogens is 1. The summed E-state index contributed by atoms with van der Waals surface area (Å²) in [7, 11) is 0. The molecule has 1 saturated heterocycles. The highest BCUT2D eigenvalue weighted by molar-refractivity contribution is 7.80. The number of hydrogen-bond donors (Lipinski definition) is 3. The highest BCUT2D eigenvalue weighted by atomic mass is 35.5. The largest absolute Gasteiger partial charge is 0.390 e. The zero-order valence-electron chi connectivity index (χ0n) is 15.6. The number of aliphatic hydroxyl groups is 2. The molecule has 6 nitrogen and oxygen atoms in total. The summed E-state index contributed by atoms with van der Waals surface area (Å²) in [6, 6.07) is 15.8. The van der Waals surface area contributed by atoms with Crippen molar-refractivity contribution < 1.29 is 15.0 Å². The second kappa shape index (κ2) is 7.91. The Morgan fingerprint density at radius 1 is 1.10 bits per heavy atom. The maximum atomic E-state index is 12.3. The van der Waals surface area contributed by atoms with E-state index >= 15 is 0 Å². The summed E-state index contributed by atoms with van der Waals surface area (Å²) >= 11 is 11.8. The molecule has 152 valence electrons. The molecule has 5 atom stereocenters. The monoisotopic (exact) mass is 431 g/mol. The maximum absolute atomic E-state index is 12.3. The number of nitrogens with zero attached hydrogens (tertiary/aromatic N) is 2. The van der Waals surface area contributed by atoms with E-state index in [1.165, 1.54) is 0 Å². The van der Waals surface area contributed by atoms with Crippen molar-refractivity contribution in [1.82, 2.24) is 4.90 Å². The fourth-order valence-electron chi connectivity index (χ4n) is 4.42. The summed E-state index contributed by atoms with van der Waals surface area (Å²) in [5, 5.41) is 22.4. The SMILES string of the molecule is NC(=O)[C@@H]1C[C@@H](O)[C@H](O)[C@@H]2[C@@H]1N(c1ccc(Cl)cc1)C(=S)N2Cc1ccccc1. The van der Waals surface area contributed by atoms with E-state index < -0.39 is 36.1 Å². The molecule has 1 aliphatic carbocycles. The Balaban J connectivity index is 1.79. The first-order valence-corrected chi connectivity index (χ1v) is 10.2. The van der Waals surface area contributed by atoms with Gasteiger partial charge in [-0.15, -0.1) is 0 Å². The number of amides is 1. The van der Waals surface area contributed by atoms with Crippen molar-refractivity contribution in [3.05, 3.63) is 65.2 Å². The molecule has 2 aliphatic rings. The number of fused-ring (bicyclic) bond motifs is 1. The zero-order valence-corrected chi connectivity index (χ0v) is 17.1. The molecule has 0 radical (unpaired) electrons. The van der Waals surface area contributed by atoms with Gasteiger partial charge in [-0.05, 0) is 48.5 Å². The Bertz CT molecular complexity index is 911.